The van der Waals surface area contributed by atoms with Crippen LogP contribution in [0, 0.1) is 5.92 Å². The van der Waals surface area contributed by atoms with Gasteiger partial charge in [-0.15, -0.1) is 0 Å². The molecule has 0 saturated carbocycles. The SMILES string of the molecule is CCCCCC[C@@H](C)COC(=O)c1ccc(C(=O)O)cc1. The van der Waals surface area contributed by atoms with E-state index in [-0.39, 0.29) is 5.56 Å². The van der Waals surface area contributed by atoms with Crippen LogP contribution in [0.5, 0.6) is 0 Å². The van der Waals surface area contributed by atoms with Crippen molar-refractivity contribution in [3.05, 3.63) is 35.4 Å². The van der Waals surface area contributed by atoms with E-state index in [4.69, 9.17) is 9.84 Å². The second-order valence-corrected chi connectivity index (χ2v) is 5.44. The summed E-state index contributed by atoms with van der Waals surface area (Å²) in [5, 5.41) is 8.79. The molecule has 4 nitrogen and oxygen atoms in total. The number of esters is 1. The number of carboxylic acids is 1. The number of benzene rings is 1. The van der Waals surface area contributed by atoms with E-state index in [1.807, 2.05) is 0 Å². The molecule has 0 saturated heterocycles. The predicted molar refractivity (Wildman–Crippen MR) is 81.6 cm³/mol. The van der Waals surface area contributed by atoms with Crippen LogP contribution in [0.4, 0.5) is 0 Å². The van der Waals surface area contributed by atoms with Crippen molar-refractivity contribution in [2.45, 2.75) is 46.0 Å². The zero-order chi connectivity index (χ0) is 15.7. The molecule has 0 aromatic heterocycles. The highest BCUT2D eigenvalue weighted by atomic mass is 16.5. The lowest BCUT2D eigenvalue weighted by Crippen LogP contribution is -2.12. The van der Waals surface area contributed by atoms with Crippen LogP contribution in [0.1, 0.15) is 66.7 Å². The van der Waals surface area contributed by atoms with Crippen LogP contribution in [0.25, 0.3) is 0 Å². The normalized spacial score (nSPS) is 11.9. The molecule has 0 aliphatic rings. The highest BCUT2D eigenvalue weighted by Gasteiger charge is 2.11. The van der Waals surface area contributed by atoms with E-state index >= 15 is 0 Å². The Morgan fingerprint density at radius 3 is 2.29 bits per heavy atom. The average molecular weight is 292 g/mol. The summed E-state index contributed by atoms with van der Waals surface area (Å²) < 4.78 is 5.26. The van der Waals surface area contributed by atoms with Gasteiger partial charge in [0.05, 0.1) is 17.7 Å². The molecule has 116 valence electrons. The van der Waals surface area contributed by atoms with Gasteiger partial charge in [-0.2, -0.15) is 0 Å². The van der Waals surface area contributed by atoms with E-state index in [2.05, 4.69) is 13.8 Å². The molecular formula is C17H24O4. The van der Waals surface area contributed by atoms with Gasteiger partial charge in [0, 0.05) is 0 Å². The number of carbonyl (C=O) groups excluding carboxylic acids is 1. The molecule has 0 amide bonds. The Bertz CT molecular complexity index is 450. The van der Waals surface area contributed by atoms with Crippen molar-refractivity contribution in [3.63, 3.8) is 0 Å². The minimum Gasteiger partial charge on any atom is -0.478 e. The third kappa shape index (κ3) is 6.43. The molecule has 0 unspecified atom stereocenters. The van der Waals surface area contributed by atoms with E-state index < -0.39 is 11.9 Å². The highest BCUT2D eigenvalue weighted by Crippen LogP contribution is 2.12. The molecule has 21 heavy (non-hydrogen) atoms. The van der Waals surface area contributed by atoms with E-state index in [0.29, 0.717) is 18.1 Å². The van der Waals surface area contributed by atoms with Crippen LogP contribution >= 0.6 is 0 Å². The first kappa shape index (κ1) is 17.2. The number of carbonyl (C=O) groups is 2. The number of rotatable bonds is 9. The zero-order valence-corrected chi connectivity index (χ0v) is 12.8. The maximum absolute atomic E-state index is 11.8. The van der Waals surface area contributed by atoms with Gasteiger partial charge in [0.25, 0.3) is 0 Å². The number of aromatic carboxylic acids is 1. The summed E-state index contributed by atoms with van der Waals surface area (Å²) in [5.74, 6) is -1.05. The van der Waals surface area contributed by atoms with Gasteiger partial charge in [-0.25, -0.2) is 9.59 Å². The second-order valence-electron chi connectivity index (χ2n) is 5.44. The molecule has 1 aromatic carbocycles. The largest absolute Gasteiger partial charge is 0.478 e. The summed E-state index contributed by atoms with van der Waals surface area (Å²) in [5.41, 5.74) is 0.550. The molecule has 0 fully saturated rings. The van der Waals surface area contributed by atoms with Crippen LogP contribution in [-0.4, -0.2) is 23.7 Å². The maximum Gasteiger partial charge on any atom is 0.338 e. The van der Waals surface area contributed by atoms with Crippen LogP contribution < -0.4 is 0 Å². The third-order valence-corrected chi connectivity index (χ3v) is 3.42. The quantitative estimate of drug-likeness (QED) is 0.548. The first-order chi connectivity index (χ1) is 10.0. The second kappa shape index (κ2) is 9.16. The van der Waals surface area contributed by atoms with E-state index in [0.717, 1.165) is 6.42 Å². The standard InChI is InChI=1S/C17H24O4/c1-3-4-5-6-7-13(2)12-21-17(20)15-10-8-14(9-11-15)16(18)19/h8-11,13H,3-7,12H2,1-2H3,(H,18,19)/t13-/m1/s1. The molecule has 0 aliphatic carbocycles. The number of hydrogen-bond donors (Lipinski definition) is 1. The number of hydrogen-bond acceptors (Lipinski definition) is 3. The van der Waals surface area contributed by atoms with E-state index in [9.17, 15) is 9.59 Å². The van der Waals surface area contributed by atoms with Gasteiger partial charge in [-0.1, -0.05) is 39.5 Å². The first-order valence-electron chi connectivity index (χ1n) is 7.55. The predicted octanol–water partition coefficient (Wildman–Crippen LogP) is 4.15. The molecule has 1 N–H and O–H groups in total. The average Bonchev–Trinajstić information content (AvgIpc) is 2.49. The van der Waals surface area contributed by atoms with Crippen molar-refractivity contribution in [2.75, 3.05) is 6.61 Å². The molecule has 0 bridgehead atoms. The van der Waals surface area contributed by atoms with Crippen LogP contribution in [-0.2, 0) is 4.74 Å². The zero-order valence-electron chi connectivity index (χ0n) is 12.8. The van der Waals surface area contributed by atoms with Crippen molar-refractivity contribution in [3.8, 4) is 0 Å². The molecule has 0 radical (unpaired) electrons. The Kier molecular flexibility index (Phi) is 7.51. The Labute approximate surface area is 126 Å². The fraction of sp³-hybridized carbons (Fsp3) is 0.529. The summed E-state index contributed by atoms with van der Waals surface area (Å²) in [6, 6.07) is 5.79. The molecule has 1 atom stereocenters. The Morgan fingerprint density at radius 2 is 1.71 bits per heavy atom. The third-order valence-electron chi connectivity index (χ3n) is 3.42. The van der Waals surface area contributed by atoms with Gasteiger partial charge in [-0.05, 0) is 36.6 Å². The van der Waals surface area contributed by atoms with Crippen molar-refractivity contribution >= 4 is 11.9 Å². The Hall–Kier alpha value is -1.84. The lowest BCUT2D eigenvalue weighted by atomic mass is 10.0. The highest BCUT2D eigenvalue weighted by molar-refractivity contribution is 5.92. The van der Waals surface area contributed by atoms with Crippen molar-refractivity contribution in [2.24, 2.45) is 5.92 Å². The van der Waals surface area contributed by atoms with Gasteiger partial charge in [-0.3, -0.25) is 0 Å². The fourth-order valence-corrected chi connectivity index (χ4v) is 2.05. The summed E-state index contributed by atoms with van der Waals surface area (Å²) in [7, 11) is 0. The number of carboxylic acid groups (broad SMARTS) is 1. The van der Waals surface area contributed by atoms with Crippen molar-refractivity contribution in [1.82, 2.24) is 0 Å². The lowest BCUT2D eigenvalue weighted by molar-refractivity contribution is 0.0441. The van der Waals surface area contributed by atoms with E-state index in [1.165, 1.54) is 49.9 Å². The minimum atomic E-state index is -1.00. The minimum absolute atomic E-state index is 0.163. The van der Waals surface area contributed by atoms with Gasteiger partial charge in [0.2, 0.25) is 0 Å². The number of unbranched alkanes of at least 4 members (excludes halogenated alkanes) is 3. The monoisotopic (exact) mass is 292 g/mol. The summed E-state index contributed by atoms with van der Waals surface area (Å²) >= 11 is 0. The van der Waals surface area contributed by atoms with Gasteiger partial charge < -0.3 is 9.84 Å². The van der Waals surface area contributed by atoms with Crippen molar-refractivity contribution in [1.29, 1.82) is 0 Å². The lowest BCUT2D eigenvalue weighted by Gasteiger charge is -2.12. The summed E-state index contributed by atoms with van der Waals surface area (Å²) in [6.07, 6.45) is 5.93. The molecule has 0 spiro atoms. The summed E-state index contributed by atoms with van der Waals surface area (Å²) in [6.45, 7) is 4.67. The molecule has 0 heterocycles. The first-order valence-corrected chi connectivity index (χ1v) is 7.55. The molecular weight excluding hydrogens is 268 g/mol. The smallest absolute Gasteiger partial charge is 0.338 e. The fourth-order valence-electron chi connectivity index (χ4n) is 2.05. The molecule has 4 heteroatoms. The Balaban J connectivity index is 2.34. The molecule has 1 aromatic rings. The maximum atomic E-state index is 11.8. The van der Waals surface area contributed by atoms with Gasteiger partial charge in [0.15, 0.2) is 0 Å². The Morgan fingerprint density at radius 1 is 1.10 bits per heavy atom. The van der Waals surface area contributed by atoms with Gasteiger partial charge in [0.1, 0.15) is 0 Å². The number of ether oxygens (including phenoxy) is 1. The summed E-state index contributed by atoms with van der Waals surface area (Å²) in [4.78, 5) is 22.6. The van der Waals surface area contributed by atoms with Crippen LogP contribution in [0.3, 0.4) is 0 Å². The topological polar surface area (TPSA) is 63.6 Å². The van der Waals surface area contributed by atoms with Crippen LogP contribution in [0.2, 0.25) is 0 Å². The molecule has 0 aliphatic heterocycles. The molecule has 1 rings (SSSR count). The van der Waals surface area contributed by atoms with Crippen LogP contribution in [0.15, 0.2) is 24.3 Å². The van der Waals surface area contributed by atoms with E-state index in [1.54, 1.807) is 0 Å². The van der Waals surface area contributed by atoms with Crippen molar-refractivity contribution < 1.29 is 19.4 Å². The van der Waals surface area contributed by atoms with Gasteiger partial charge >= 0.3 is 11.9 Å².